The highest BCUT2D eigenvalue weighted by atomic mass is 32.2. The maximum atomic E-state index is 12.9. The quantitative estimate of drug-likeness (QED) is 0.297. The molecule has 13 heteroatoms. The van der Waals surface area contributed by atoms with Gasteiger partial charge >= 0.3 is 12.4 Å². The molecule has 0 amide bonds. The standard InChI is InChI=1S/C17H22F6N4O2S/c18-16(19,20)12-5-13(17(21,22)23)7-14(6-12)30(28,29)27-9-11-3-1-10(2-4-11)8-26-15(24)25/h5-7,10-11,27H,1-4,8-9H2,(H4,24,25,26)/t10-,11-. The van der Waals surface area contributed by atoms with Gasteiger partial charge in [-0.1, -0.05) is 0 Å². The van der Waals surface area contributed by atoms with Crippen molar-refractivity contribution in [2.75, 3.05) is 13.1 Å². The van der Waals surface area contributed by atoms with Crippen LogP contribution in [0.15, 0.2) is 23.1 Å². The van der Waals surface area contributed by atoms with E-state index in [1.807, 2.05) is 0 Å². The Balaban J connectivity index is 2.08. The summed E-state index contributed by atoms with van der Waals surface area (Å²) in [6.45, 7) is 0.422. The van der Waals surface area contributed by atoms with Gasteiger partial charge in [0.15, 0.2) is 5.96 Å². The first-order valence-electron chi connectivity index (χ1n) is 9.05. The highest BCUT2D eigenvalue weighted by Crippen LogP contribution is 2.37. The maximum absolute atomic E-state index is 12.9. The molecule has 0 spiro atoms. The fourth-order valence-corrected chi connectivity index (χ4v) is 4.47. The monoisotopic (exact) mass is 460 g/mol. The molecule has 0 bridgehead atoms. The van der Waals surface area contributed by atoms with E-state index in [2.05, 4.69) is 10.0 Å². The van der Waals surface area contributed by atoms with Gasteiger partial charge in [0.25, 0.3) is 0 Å². The Labute approximate surface area is 169 Å². The lowest BCUT2D eigenvalue weighted by atomic mass is 9.82. The summed E-state index contributed by atoms with van der Waals surface area (Å²) in [6, 6.07) is 0.277. The lowest BCUT2D eigenvalue weighted by Gasteiger charge is -2.28. The summed E-state index contributed by atoms with van der Waals surface area (Å²) in [5.41, 5.74) is 1.85. The third-order valence-corrected chi connectivity index (χ3v) is 6.38. The summed E-state index contributed by atoms with van der Waals surface area (Å²) >= 11 is 0. The molecular formula is C17H22F6N4O2S. The smallest absolute Gasteiger partial charge is 0.370 e. The number of alkyl halides is 6. The molecule has 2 rings (SSSR count). The van der Waals surface area contributed by atoms with E-state index in [0.29, 0.717) is 19.4 Å². The second-order valence-corrected chi connectivity index (χ2v) is 9.04. The number of rotatable bonds is 6. The van der Waals surface area contributed by atoms with Crippen molar-refractivity contribution >= 4 is 16.0 Å². The fourth-order valence-electron chi connectivity index (χ4n) is 3.29. The normalized spacial score (nSPS) is 20.7. The van der Waals surface area contributed by atoms with E-state index in [0.717, 1.165) is 12.8 Å². The van der Waals surface area contributed by atoms with Crippen molar-refractivity contribution in [1.29, 1.82) is 5.41 Å². The number of nitrogens with one attached hydrogen (secondary N) is 3. The number of hydrogen-bond donors (Lipinski definition) is 4. The minimum Gasteiger partial charge on any atom is -0.370 e. The topological polar surface area (TPSA) is 108 Å². The Morgan fingerprint density at radius 2 is 1.37 bits per heavy atom. The lowest BCUT2D eigenvalue weighted by Crippen LogP contribution is -2.37. The molecule has 1 fully saturated rings. The zero-order valence-corrected chi connectivity index (χ0v) is 16.5. The molecule has 5 N–H and O–H groups in total. The van der Waals surface area contributed by atoms with Crippen molar-refractivity contribution in [3.8, 4) is 0 Å². The second kappa shape index (κ2) is 9.00. The van der Waals surface area contributed by atoms with E-state index < -0.39 is 38.4 Å². The number of sulfonamides is 1. The van der Waals surface area contributed by atoms with Gasteiger partial charge in [0, 0.05) is 13.1 Å². The van der Waals surface area contributed by atoms with Crippen molar-refractivity contribution in [2.45, 2.75) is 42.9 Å². The molecule has 0 heterocycles. The van der Waals surface area contributed by atoms with E-state index in [1.165, 1.54) is 0 Å². The third kappa shape index (κ3) is 6.76. The van der Waals surface area contributed by atoms with Crippen molar-refractivity contribution in [3.05, 3.63) is 29.3 Å². The summed E-state index contributed by atoms with van der Waals surface area (Å²) < 4.78 is 105. The van der Waals surface area contributed by atoms with Crippen LogP contribution >= 0.6 is 0 Å². The first-order chi connectivity index (χ1) is 13.7. The van der Waals surface area contributed by atoms with Gasteiger partial charge in [0.05, 0.1) is 16.0 Å². The average molecular weight is 460 g/mol. The SMILES string of the molecule is N=C(N)NC[C@H]1CC[C@H](CNS(=O)(=O)c2cc(C(F)(F)F)cc(C(F)(F)F)c2)CC1. The molecule has 1 aliphatic rings. The number of benzene rings is 1. The van der Waals surface area contributed by atoms with Crippen LogP contribution in [0.4, 0.5) is 26.3 Å². The highest BCUT2D eigenvalue weighted by Gasteiger charge is 2.38. The van der Waals surface area contributed by atoms with Gasteiger partial charge in [0.2, 0.25) is 10.0 Å². The number of guanidine groups is 1. The van der Waals surface area contributed by atoms with Crippen molar-refractivity contribution < 1.29 is 34.8 Å². The molecule has 0 radical (unpaired) electrons. The molecule has 1 aromatic carbocycles. The van der Waals surface area contributed by atoms with Crippen LogP contribution in [-0.4, -0.2) is 27.5 Å². The molecule has 30 heavy (non-hydrogen) atoms. The second-order valence-electron chi connectivity index (χ2n) is 7.27. The van der Waals surface area contributed by atoms with Gasteiger partial charge in [-0.2, -0.15) is 26.3 Å². The van der Waals surface area contributed by atoms with Crippen LogP contribution in [0.1, 0.15) is 36.8 Å². The Kier molecular flexibility index (Phi) is 7.28. The maximum Gasteiger partial charge on any atom is 0.416 e. The minimum atomic E-state index is -5.13. The Bertz CT molecular complexity index is 830. The molecule has 0 aliphatic heterocycles. The van der Waals surface area contributed by atoms with Crippen LogP contribution in [0.25, 0.3) is 0 Å². The molecular weight excluding hydrogens is 438 g/mol. The predicted octanol–water partition coefficient (Wildman–Crippen LogP) is 3.29. The molecule has 0 atom stereocenters. The van der Waals surface area contributed by atoms with Crippen LogP contribution in [0.3, 0.4) is 0 Å². The molecule has 0 saturated heterocycles. The Hall–Kier alpha value is -2.02. The number of halogens is 6. The largest absolute Gasteiger partial charge is 0.416 e. The number of nitrogens with two attached hydrogens (primary N) is 1. The zero-order chi connectivity index (χ0) is 22.7. The van der Waals surface area contributed by atoms with Crippen molar-refractivity contribution in [2.24, 2.45) is 17.6 Å². The van der Waals surface area contributed by atoms with Gasteiger partial charge in [-0.3, -0.25) is 5.41 Å². The van der Waals surface area contributed by atoms with Gasteiger partial charge in [0.1, 0.15) is 0 Å². The molecule has 0 unspecified atom stereocenters. The first-order valence-corrected chi connectivity index (χ1v) is 10.5. The number of hydrogen-bond acceptors (Lipinski definition) is 3. The van der Waals surface area contributed by atoms with E-state index in [1.54, 1.807) is 0 Å². The molecule has 0 aromatic heterocycles. The van der Waals surface area contributed by atoms with E-state index >= 15 is 0 Å². The zero-order valence-electron chi connectivity index (χ0n) is 15.7. The van der Waals surface area contributed by atoms with E-state index in [-0.39, 0.29) is 42.5 Å². The third-order valence-electron chi connectivity index (χ3n) is 4.98. The fraction of sp³-hybridized carbons (Fsp3) is 0.588. The Morgan fingerprint density at radius 1 is 0.933 bits per heavy atom. The summed E-state index contributed by atoms with van der Waals surface area (Å²) in [7, 11) is -4.57. The van der Waals surface area contributed by atoms with Gasteiger partial charge in [-0.05, 0) is 55.7 Å². The van der Waals surface area contributed by atoms with Gasteiger partial charge in [-0.15, -0.1) is 0 Å². The van der Waals surface area contributed by atoms with Crippen molar-refractivity contribution in [3.63, 3.8) is 0 Å². The van der Waals surface area contributed by atoms with Crippen LogP contribution in [0, 0.1) is 17.2 Å². The van der Waals surface area contributed by atoms with Crippen LogP contribution in [0.2, 0.25) is 0 Å². The van der Waals surface area contributed by atoms with Gasteiger partial charge < -0.3 is 11.1 Å². The van der Waals surface area contributed by atoms with E-state index in [9.17, 15) is 34.8 Å². The predicted molar refractivity (Wildman–Crippen MR) is 97.0 cm³/mol. The molecule has 1 aromatic rings. The summed E-state index contributed by atoms with van der Waals surface area (Å²) in [4.78, 5) is -1.08. The van der Waals surface area contributed by atoms with Crippen molar-refractivity contribution in [1.82, 2.24) is 10.0 Å². The first kappa shape index (κ1) is 24.3. The molecule has 6 nitrogen and oxygen atoms in total. The lowest BCUT2D eigenvalue weighted by molar-refractivity contribution is -0.143. The van der Waals surface area contributed by atoms with Crippen LogP contribution < -0.4 is 15.8 Å². The van der Waals surface area contributed by atoms with Crippen LogP contribution in [-0.2, 0) is 22.4 Å². The minimum absolute atomic E-state index is 0.0905. The molecule has 1 saturated carbocycles. The summed E-state index contributed by atoms with van der Waals surface area (Å²) in [5, 5.41) is 9.83. The van der Waals surface area contributed by atoms with E-state index in [4.69, 9.17) is 11.1 Å². The highest BCUT2D eigenvalue weighted by molar-refractivity contribution is 7.89. The summed E-state index contributed by atoms with van der Waals surface area (Å²) in [5.74, 6) is 0.00463. The molecule has 1 aliphatic carbocycles. The summed E-state index contributed by atoms with van der Waals surface area (Å²) in [6.07, 6.45) is -7.54. The van der Waals surface area contributed by atoms with Crippen LogP contribution in [0.5, 0.6) is 0 Å². The average Bonchev–Trinajstić information content (AvgIpc) is 2.64. The van der Waals surface area contributed by atoms with Gasteiger partial charge in [-0.25, -0.2) is 13.1 Å². The Morgan fingerprint density at radius 3 is 1.77 bits per heavy atom. The molecule has 170 valence electrons.